The first kappa shape index (κ1) is 25.8. The van der Waals surface area contributed by atoms with Crippen LogP contribution in [0.3, 0.4) is 0 Å². The Hall–Kier alpha value is -1.79. The Labute approximate surface area is 224 Å². The molecule has 1 aliphatic heterocycles. The normalized spacial score (nSPS) is 28.4. The monoisotopic (exact) mass is 530 g/mol. The molecule has 1 heterocycles. The summed E-state index contributed by atoms with van der Waals surface area (Å²) in [5, 5.41) is 12.5. The number of likely N-dealkylation sites (tertiary alicyclic amines) is 1. The number of carbonyl (C=O) groups excluding carboxylic acids is 1. The van der Waals surface area contributed by atoms with E-state index in [0.717, 1.165) is 49.7 Å². The highest BCUT2D eigenvalue weighted by molar-refractivity contribution is 6.42. The SMILES string of the molecule is COc1cccc([C@@]23CCN(CC4CC4)C[C@H]2C(O)C[C@@H](N(C)C(=O)Cc2ccc(Cl)c(Cl)c2)C3)c1. The summed E-state index contributed by atoms with van der Waals surface area (Å²) in [5.41, 5.74) is 1.85. The molecule has 2 aromatic rings. The summed E-state index contributed by atoms with van der Waals surface area (Å²) in [6.45, 7) is 3.07. The molecule has 0 bridgehead atoms. The van der Waals surface area contributed by atoms with E-state index in [1.807, 2.05) is 30.1 Å². The molecule has 4 atom stereocenters. The van der Waals surface area contributed by atoms with Crippen molar-refractivity contribution in [2.75, 3.05) is 33.8 Å². The van der Waals surface area contributed by atoms with Crippen molar-refractivity contribution in [3.05, 3.63) is 63.6 Å². The topological polar surface area (TPSA) is 53.0 Å². The Morgan fingerprint density at radius 3 is 2.72 bits per heavy atom. The number of rotatable bonds is 7. The summed E-state index contributed by atoms with van der Waals surface area (Å²) in [4.78, 5) is 17.7. The minimum absolute atomic E-state index is 0.0241. The zero-order valence-corrected chi connectivity index (χ0v) is 22.6. The Kier molecular flexibility index (Phi) is 7.56. The number of ether oxygens (including phenoxy) is 1. The van der Waals surface area contributed by atoms with Gasteiger partial charge in [-0.05, 0) is 80.0 Å². The van der Waals surface area contributed by atoms with E-state index in [-0.39, 0.29) is 29.7 Å². The summed E-state index contributed by atoms with van der Waals surface area (Å²) in [5.74, 6) is 1.82. The highest BCUT2D eigenvalue weighted by Crippen LogP contribution is 2.51. The molecule has 5 rings (SSSR count). The van der Waals surface area contributed by atoms with Crippen LogP contribution in [0.15, 0.2) is 42.5 Å². The zero-order chi connectivity index (χ0) is 25.4. The molecule has 2 aromatic carbocycles. The molecular formula is C29H36Cl2N2O3. The van der Waals surface area contributed by atoms with Gasteiger partial charge in [0.05, 0.1) is 29.7 Å². The third kappa shape index (κ3) is 5.26. The van der Waals surface area contributed by atoms with Crippen LogP contribution >= 0.6 is 23.2 Å². The number of carbonyl (C=O) groups is 1. The summed E-state index contributed by atoms with van der Waals surface area (Å²) < 4.78 is 5.57. The second-order valence-corrected chi connectivity index (χ2v) is 11.9. The van der Waals surface area contributed by atoms with E-state index in [0.29, 0.717) is 16.5 Å². The molecule has 2 aliphatic carbocycles. The number of halogens is 2. The second-order valence-electron chi connectivity index (χ2n) is 11.0. The number of methoxy groups -OCH3 is 1. The van der Waals surface area contributed by atoms with Gasteiger partial charge in [0, 0.05) is 37.5 Å². The maximum Gasteiger partial charge on any atom is 0.226 e. The molecule has 3 aliphatic rings. The lowest BCUT2D eigenvalue weighted by atomic mass is 9.56. The molecule has 194 valence electrons. The van der Waals surface area contributed by atoms with Crippen LogP contribution < -0.4 is 4.74 Å². The first-order chi connectivity index (χ1) is 17.3. The molecule has 1 N–H and O–H groups in total. The number of fused-ring (bicyclic) bond motifs is 1. The van der Waals surface area contributed by atoms with Crippen LogP contribution in [0.2, 0.25) is 10.0 Å². The number of nitrogens with zero attached hydrogens (tertiary/aromatic N) is 2. The van der Waals surface area contributed by atoms with Crippen molar-refractivity contribution in [3.63, 3.8) is 0 Å². The van der Waals surface area contributed by atoms with Gasteiger partial charge in [0.25, 0.3) is 0 Å². The molecule has 2 saturated carbocycles. The molecule has 0 radical (unpaired) electrons. The molecule has 3 fully saturated rings. The lowest BCUT2D eigenvalue weighted by Crippen LogP contribution is -2.61. The fourth-order valence-corrected chi connectivity index (χ4v) is 6.79. The Morgan fingerprint density at radius 1 is 1.19 bits per heavy atom. The predicted octanol–water partition coefficient (Wildman–Crippen LogP) is 5.20. The molecule has 1 amide bonds. The van der Waals surface area contributed by atoms with Gasteiger partial charge < -0.3 is 19.6 Å². The van der Waals surface area contributed by atoms with Crippen LogP contribution in [0.5, 0.6) is 5.75 Å². The van der Waals surface area contributed by atoms with Crippen LogP contribution in [0, 0.1) is 11.8 Å². The number of likely N-dealkylation sites (N-methyl/N-ethyl adjacent to an activating group) is 1. The number of piperidine rings is 1. The van der Waals surface area contributed by atoms with Crippen molar-refractivity contribution in [1.29, 1.82) is 0 Å². The quantitative estimate of drug-likeness (QED) is 0.534. The average molecular weight is 532 g/mol. The van der Waals surface area contributed by atoms with Gasteiger partial charge >= 0.3 is 0 Å². The Bertz CT molecular complexity index is 1110. The molecule has 5 nitrogen and oxygen atoms in total. The second kappa shape index (κ2) is 10.5. The van der Waals surface area contributed by atoms with Gasteiger partial charge in [-0.1, -0.05) is 41.4 Å². The minimum Gasteiger partial charge on any atom is -0.497 e. The molecule has 36 heavy (non-hydrogen) atoms. The van der Waals surface area contributed by atoms with Gasteiger partial charge in [-0.25, -0.2) is 0 Å². The highest BCUT2D eigenvalue weighted by atomic mass is 35.5. The fourth-order valence-electron chi connectivity index (χ4n) is 6.47. The largest absolute Gasteiger partial charge is 0.497 e. The van der Waals surface area contributed by atoms with Crippen molar-refractivity contribution >= 4 is 29.1 Å². The van der Waals surface area contributed by atoms with Crippen LogP contribution in [-0.4, -0.2) is 66.8 Å². The maximum absolute atomic E-state index is 13.3. The summed E-state index contributed by atoms with van der Waals surface area (Å²) in [7, 11) is 3.57. The molecule has 7 heteroatoms. The number of aliphatic hydroxyl groups excluding tert-OH is 1. The number of amides is 1. The third-order valence-corrected chi connectivity index (χ3v) is 9.49. The predicted molar refractivity (Wildman–Crippen MR) is 144 cm³/mol. The summed E-state index contributed by atoms with van der Waals surface area (Å²) in [6, 6.07) is 13.6. The van der Waals surface area contributed by atoms with Gasteiger partial charge in [-0.15, -0.1) is 0 Å². The smallest absolute Gasteiger partial charge is 0.226 e. The minimum atomic E-state index is -0.475. The van der Waals surface area contributed by atoms with Crippen LogP contribution in [0.4, 0.5) is 0 Å². The average Bonchev–Trinajstić information content (AvgIpc) is 3.70. The maximum atomic E-state index is 13.3. The first-order valence-corrected chi connectivity index (χ1v) is 13.8. The molecule has 1 saturated heterocycles. The third-order valence-electron chi connectivity index (χ3n) is 8.76. The van der Waals surface area contributed by atoms with E-state index in [1.54, 1.807) is 19.2 Å². The number of benzene rings is 2. The lowest BCUT2D eigenvalue weighted by Gasteiger charge is -2.56. The highest BCUT2D eigenvalue weighted by Gasteiger charge is 2.53. The Morgan fingerprint density at radius 2 is 2.00 bits per heavy atom. The van der Waals surface area contributed by atoms with E-state index >= 15 is 0 Å². The van der Waals surface area contributed by atoms with Crippen molar-refractivity contribution in [2.24, 2.45) is 11.8 Å². The standard InChI is InChI=1S/C29H36Cl2N2O3/c1-32(28(35)13-20-8-9-25(30)26(31)12-20)22-15-27(34)24-18-33(17-19-6-7-19)11-10-29(24,16-22)21-4-3-5-23(14-21)36-2/h3-5,8-9,12,14,19,22,24,27,34H,6-7,10-11,13,15-18H2,1-2H3/t22-,24+,27?,29+/m1/s1. The van der Waals surface area contributed by atoms with E-state index < -0.39 is 6.10 Å². The first-order valence-electron chi connectivity index (χ1n) is 13.0. The molecular weight excluding hydrogens is 495 g/mol. The van der Waals surface area contributed by atoms with Crippen LogP contribution in [0.1, 0.15) is 43.2 Å². The van der Waals surface area contributed by atoms with Gasteiger partial charge in [-0.3, -0.25) is 4.79 Å². The zero-order valence-electron chi connectivity index (χ0n) is 21.1. The van der Waals surface area contributed by atoms with Crippen LogP contribution in [-0.2, 0) is 16.6 Å². The van der Waals surface area contributed by atoms with E-state index in [2.05, 4.69) is 17.0 Å². The van der Waals surface area contributed by atoms with Gasteiger partial charge in [0.2, 0.25) is 5.91 Å². The number of hydrogen-bond donors (Lipinski definition) is 1. The summed E-state index contributed by atoms with van der Waals surface area (Å²) >= 11 is 12.2. The number of hydrogen-bond acceptors (Lipinski definition) is 4. The van der Waals surface area contributed by atoms with Gasteiger partial charge in [-0.2, -0.15) is 0 Å². The van der Waals surface area contributed by atoms with E-state index in [4.69, 9.17) is 27.9 Å². The summed E-state index contributed by atoms with van der Waals surface area (Å²) in [6.07, 6.45) is 4.85. The molecule has 0 aromatic heterocycles. The van der Waals surface area contributed by atoms with Crippen LogP contribution in [0.25, 0.3) is 0 Å². The van der Waals surface area contributed by atoms with Crippen molar-refractivity contribution < 1.29 is 14.6 Å². The molecule has 0 spiro atoms. The van der Waals surface area contributed by atoms with E-state index in [9.17, 15) is 9.90 Å². The van der Waals surface area contributed by atoms with Gasteiger partial charge in [0.1, 0.15) is 5.75 Å². The fraction of sp³-hybridized carbons (Fsp3) is 0.552. The molecule has 1 unspecified atom stereocenters. The van der Waals surface area contributed by atoms with E-state index in [1.165, 1.54) is 18.4 Å². The van der Waals surface area contributed by atoms with Crippen molar-refractivity contribution in [3.8, 4) is 5.75 Å². The lowest BCUT2D eigenvalue weighted by molar-refractivity contribution is -0.135. The van der Waals surface area contributed by atoms with Gasteiger partial charge in [0.15, 0.2) is 0 Å². The van der Waals surface area contributed by atoms with Crippen molar-refractivity contribution in [1.82, 2.24) is 9.80 Å². The Balaban J connectivity index is 1.40. The number of aliphatic hydroxyl groups is 1. The van der Waals surface area contributed by atoms with Crippen molar-refractivity contribution in [2.45, 2.75) is 56.1 Å².